The largest absolute Gasteiger partial charge is 0.457 e. The van der Waals surface area contributed by atoms with Crippen LogP contribution in [-0.2, 0) is 4.79 Å². The first-order valence-corrected chi connectivity index (χ1v) is 7.90. The molecular formula is C17H15F3O2S. The van der Waals surface area contributed by atoms with Gasteiger partial charge in [-0.05, 0) is 29.8 Å². The maximum absolute atomic E-state index is 12.2. The molecule has 0 spiro atoms. The number of carbonyl (C=O) groups is 1. The second-order valence-corrected chi connectivity index (χ2v) is 5.91. The van der Waals surface area contributed by atoms with Crippen LogP contribution in [-0.4, -0.2) is 17.0 Å². The van der Waals surface area contributed by atoms with Crippen LogP contribution in [0, 0.1) is 0 Å². The molecule has 0 aromatic heterocycles. The summed E-state index contributed by atoms with van der Waals surface area (Å²) < 4.78 is 42.3. The number of benzene rings is 2. The summed E-state index contributed by atoms with van der Waals surface area (Å²) in [5.74, 6) is -0.623. The van der Waals surface area contributed by atoms with E-state index in [1.165, 1.54) is 0 Å². The Balaban J connectivity index is 2.05. The molecule has 0 heterocycles. The Bertz CT molecular complexity index is 656. The molecule has 0 saturated carbocycles. The third-order valence-corrected chi connectivity index (χ3v) is 4.18. The van der Waals surface area contributed by atoms with Crippen LogP contribution in [0.1, 0.15) is 18.4 Å². The Morgan fingerprint density at radius 2 is 1.74 bits per heavy atom. The molecule has 0 saturated heterocycles. The SMILES string of the molecule is C[C@@H](C(=O)SCC(F)(F)F)c1cccc(Oc2ccccc2)c1. The number of alkyl halides is 3. The lowest BCUT2D eigenvalue weighted by atomic mass is 10.0. The molecule has 2 nitrogen and oxygen atoms in total. The van der Waals surface area contributed by atoms with Crippen LogP contribution in [0.4, 0.5) is 13.2 Å². The highest BCUT2D eigenvalue weighted by Gasteiger charge is 2.30. The van der Waals surface area contributed by atoms with Crippen molar-refractivity contribution in [1.82, 2.24) is 0 Å². The van der Waals surface area contributed by atoms with E-state index in [2.05, 4.69) is 0 Å². The molecule has 2 rings (SSSR count). The molecule has 0 fully saturated rings. The predicted molar refractivity (Wildman–Crippen MR) is 84.9 cm³/mol. The van der Waals surface area contributed by atoms with Crippen molar-refractivity contribution in [2.75, 3.05) is 5.75 Å². The van der Waals surface area contributed by atoms with E-state index in [9.17, 15) is 18.0 Å². The first kappa shape index (κ1) is 17.4. The van der Waals surface area contributed by atoms with Crippen LogP contribution in [0.5, 0.6) is 11.5 Å². The van der Waals surface area contributed by atoms with Crippen LogP contribution >= 0.6 is 11.8 Å². The Hall–Kier alpha value is -1.95. The number of rotatable bonds is 5. The van der Waals surface area contributed by atoms with Crippen molar-refractivity contribution in [3.63, 3.8) is 0 Å². The molecule has 2 aromatic carbocycles. The maximum atomic E-state index is 12.2. The van der Waals surface area contributed by atoms with Gasteiger partial charge in [-0.15, -0.1) is 0 Å². The maximum Gasteiger partial charge on any atom is 0.398 e. The fraction of sp³-hybridized carbons (Fsp3) is 0.235. The zero-order valence-corrected chi connectivity index (χ0v) is 13.2. The Morgan fingerprint density at radius 3 is 2.39 bits per heavy atom. The van der Waals surface area contributed by atoms with E-state index in [0.717, 1.165) is 0 Å². The molecule has 0 bridgehead atoms. The van der Waals surface area contributed by atoms with Gasteiger partial charge in [-0.3, -0.25) is 4.79 Å². The van der Waals surface area contributed by atoms with E-state index >= 15 is 0 Å². The van der Waals surface area contributed by atoms with Gasteiger partial charge in [-0.1, -0.05) is 49.0 Å². The molecule has 23 heavy (non-hydrogen) atoms. The molecule has 0 aliphatic rings. The number of halogens is 3. The lowest BCUT2D eigenvalue weighted by Crippen LogP contribution is -2.15. The lowest BCUT2D eigenvalue weighted by Gasteiger charge is -2.13. The Morgan fingerprint density at radius 1 is 1.09 bits per heavy atom. The monoisotopic (exact) mass is 340 g/mol. The van der Waals surface area contributed by atoms with Gasteiger partial charge in [0.25, 0.3) is 0 Å². The fourth-order valence-electron chi connectivity index (χ4n) is 1.89. The standard InChI is InChI=1S/C17H15F3O2S/c1-12(16(21)23-11-17(18,19)20)13-6-5-9-15(10-13)22-14-7-3-2-4-8-14/h2-10,12H,11H2,1H3/t12-/m1/s1. The van der Waals surface area contributed by atoms with E-state index in [1.54, 1.807) is 43.3 Å². The number of hydrogen-bond acceptors (Lipinski definition) is 3. The molecule has 0 unspecified atom stereocenters. The van der Waals surface area contributed by atoms with Gasteiger partial charge >= 0.3 is 6.18 Å². The van der Waals surface area contributed by atoms with E-state index in [0.29, 0.717) is 28.8 Å². The van der Waals surface area contributed by atoms with Crippen LogP contribution < -0.4 is 4.74 Å². The number of hydrogen-bond donors (Lipinski definition) is 0. The zero-order chi connectivity index (χ0) is 16.9. The second kappa shape index (κ2) is 7.55. The van der Waals surface area contributed by atoms with Crippen molar-refractivity contribution < 1.29 is 22.7 Å². The highest BCUT2D eigenvalue weighted by Crippen LogP contribution is 2.30. The van der Waals surface area contributed by atoms with E-state index < -0.39 is 23.0 Å². The molecular weight excluding hydrogens is 325 g/mol. The summed E-state index contributed by atoms with van der Waals surface area (Å²) in [5, 5.41) is -0.515. The van der Waals surface area contributed by atoms with Crippen LogP contribution in [0.3, 0.4) is 0 Å². The molecule has 2 aromatic rings. The van der Waals surface area contributed by atoms with Crippen molar-refractivity contribution >= 4 is 16.9 Å². The van der Waals surface area contributed by atoms with Crippen LogP contribution in [0.2, 0.25) is 0 Å². The summed E-state index contributed by atoms with van der Waals surface area (Å²) in [4.78, 5) is 11.9. The van der Waals surface area contributed by atoms with Crippen molar-refractivity contribution in [3.8, 4) is 11.5 Å². The predicted octanol–water partition coefficient (Wildman–Crippen LogP) is 5.40. The normalized spacial score (nSPS) is 12.7. The summed E-state index contributed by atoms with van der Waals surface area (Å²) in [6, 6.07) is 15.9. The smallest absolute Gasteiger partial charge is 0.398 e. The highest BCUT2D eigenvalue weighted by atomic mass is 32.2. The molecule has 122 valence electrons. The Kier molecular flexibility index (Phi) is 5.71. The quantitative estimate of drug-likeness (QED) is 0.728. The summed E-state index contributed by atoms with van der Waals surface area (Å²) >= 11 is 0.291. The van der Waals surface area contributed by atoms with E-state index in [-0.39, 0.29) is 0 Å². The van der Waals surface area contributed by atoms with Crippen molar-refractivity contribution in [2.24, 2.45) is 0 Å². The fourth-order valence-corrected chi connectivity index (χ4v) is 2.58. The van der Waals surface area contributed by atoms with E-state index in [4.69, 9.17) is 4.74 Å². The average Bonchev–Trinajstić information content (AvgIpc) is 2.52. The van der Waals surface area contributed by atoms with Gasteiger partial charge in [0.2, 0.25) is 0 Å². The molecule has 0 N–H and O–H groups in total. The molecule has 1 atom stereocenters. The van der Waals surface area contributed by atoms with Crippen molar-refractivity contribution in [2.45, 2.75) is 19.0 Å². The summed E-state index contributed by atoms with van der Waals surface area (Å²) in [7, 11) is 0. The minimum absolute atomic E-state index is 0.291. The van der Waals surface area contributed by atoms with Crippen molar-refractivity contribution in [3.05, 3.63) is 60.2 Å². The highest BCUT2D eigenvalue weighted by molar-refractivity contribution is 8.13. The first-order chi connectivity index (χ1) is 10.8. The molecule has 0 radical (unpaired) electrons. The molecule has 0 aliphatic carbocycles. The minimum Gasteiger partial charge on any atom is -0.457 e. The number of ether oxygens (including phenoxy) is 1. The van der Waals surface area contributed by atoms with Gasteiger partial charge in [-0.2, -0.15) is 13.2 Å². The van der Waals surface area contributed by atoms with Crippen molar-refractivity contribution in [1.29, 1.82) is 0 Å². The Labute approximate surface area is 136 Å². The van der Waals surface area contributed by atoms with Gasteiger partial charge in [0, 0.05) is 0 Å². The summed E-state index contributed by atoms with van der Waals surface area (Å²) in [6.07, 6.45) is -4.35. The summed E-state index contributed by atoms with van der Waals surface area (Å²) in [5.41, 5.74) is 0.623. The number of carbonyl (C=O) groups excluding carboxylic acids is 1. The average molecular weight is 340 g/mol. The van der Waals surface area contributed by atoms with Gasteiger partial charge in [0.1, 0.15) is 11.5 Å². The third kappa shape index (κ3) is 5.63. The second-order valence-electron chi connectivity index (χ2n) is 4.93. The lowest BCUT2D eigenvalue weighted by molar-refractivity contribution is -0.114. The van der Waals surface area contributed by atoms with Gasteiger partial charge in [0.15, 0.2) is 5.12 Å². The third-order valence-electron chi connectivity index (χ3n) is 3.07. The van der Waals surface area contributed by atoms with Crippen LogP contribution in [0.25, 0.3) is 0 Å². The van der Waals surface area contributed by atoms with Crippen LogP contribution in [0.15, 0.2) is 54.6 Å². The number of thioether (sulfide) groups is 1. The molecule has 6 heteroatoms. The molecule has 0 amide bonds. The molecule has 0 aliphatic heterocycles. The van der Waals surface area contributed by atoms with Gasteiger partial charge < -0.3 is 4.74 Å². The zero-order valence-electron chi connectivity index (χ0n) is 12.3. The number of para-hydroxylation sites is 1. The summed E-state index contributed by atoms with van der Waals surface area (Å²) in [6.45, 7) is 1.59. The topological polar surface area (TPSA) is 26.3 Å². The van der Waals surface area contributed by atoms with E-state index in [1.807, 2.05) is 18.2 Å². The van der Waals surface area contributed by atoms with Gasteiger partial charge in [-0.25, -0.2) is 0 Å². The first-order valence-electron chi connectivity index (χ1n) is 6.91. The minimum atomic E-state index is -4.35. The van der Waals surface area contributed by atoms with Gasteiger partial charge in [0.05, 0.1) is 11.7 Å².